The summed E-state index contributed by atoms with van der Waals surface area (Å²) in [6.45, 7) is 1.63. The first-order valence-corrected chi connectivity index (χ1v) is 6.33. The Kier molecular flexibility index (Phi) is 2.67. The minimum Gasteiger partial charge on any atom is -0.492 e. The fraction of sp³-hybridized carbons (Fsp3) is 0.500. The van der Waals surface area contributed by atoms with Crippen LogP contribution < -0.4 is 4.90 Å². The molecule has 1 aliphatic rings. The molecule has 0 saturated carbocycles. The van der Waals surface area contributed by atoms with Crippen molar-refractivity contribution in [3.05, 3.63) is 0 Å². The predicted octanol–water partition coefficient (Wildman–Crippen LogP) is 0.723. The molecule has 8 heteroatoms. The average Bonchev–Trinajstić information content (AvgIpc) is 2.93. The summed E-state index contributed by atoms with van der Waals surface area (Å²) in [6.07, 6.45) is 1.17. The highest BCUT2D eigenvalue weighted by Gasteiger charge is 2.25. The minimum atomic E-state index is -0.465. The number of ether oxygens (including phenoxy) is 1. The summed E-state index contributed by atoms with van der Waals surface area (Å²) in [4.78, 5) is 13.7. The molecule has 2 N–H and O–H groups in total. The molecule has 96 valence electrons. The van der Waals surface area contributed by atoms with Gasteiger partial charge in [-0.3, -0.25) is 0 Å². The van der Waals surface area contributed by atoms with E-state index in [-0.39, 0.29) is 12.0 Å². The second kappa shape index (κ2) is 4.21. The molecule has 1 fully saturated rings. The summed E-state index contributed by atoms with van der Waals surface area (Å²) >= 11 is 1.32. The summed E-state index contributed by atoms with van der Waals surface area (Å²) < 4.78 is 5.79. The molecule has 3 rings (SSSR count). The average molecular weight is 268 g/mol. The maximum absolute atomic E-state index is 9.62. The Morgan fingerprint density at radius 2 is 2.17 bits per heavy atom. The van der Waals surface area contributed by atoms with Crippen molar-refractivity contribution in [2.45, 2.75) is 12.5 Å². The number of hydrogen-bond acceptors (Lipinski definition) is 8. The van der Waals surface area contributed by atoms with Gasteiger partial charge in [-0.25, -0.2) is 0 Å². The van der Waals surface area contributed by atoms with Crippen LogP contribution in [-0.4, -0.2) is 51.5 Å². The SMILES string of the molecule is CO[C@H]1CCN(c2nc3nc(O)nc(O)c3s2)C1. The Hall–Kier alpha value is -1.67. The Morgan fingerprint density at radius 1 is 1.33 bits per heavy atom. The van der Waals surface area contributed by atoms with Crippen LogP contribution in [0.25, 0.3) is 10.3 Å². The zero-order chi connectivity index (χ0) is 12.7. The van der Waals surface area contributed by atoms with Gasteiger partial charge in [0.1, 0.15) is 4.70 Å². The number of fused-ring (bicyclic) bond motifs is 1. The third-order valence-corrected chi connectivity index (χ3v) is 4.06. The van der Waals surface area contributed by atoms with E-state index in [1.165, 1.54) is 11.3 Å². The Balaban J connectivity index is 1.96. The first-order valence-electron chi connectivity index (χ1n) is 5.51. The van der Waals surface area contributed by atoms with Gasteiger partial charge in [0.25, 0.3) is 0 Å². The maximum Gasteiger partial charge on any atom is 0.319 e. The molecule has 18 heavy (non-hydrogen) atoms. The van der Waals surface area contributed by atoms with Crippen LogP contribution >= 0.6 is 11.3 Å². The number of aromatic hydroxyl groups is 2. The number of anilines is 1. The van der Waals surface area contributed by atoms with Gasteiger partial charge in [-0.1, -0.05) is 11.3 Å². The normalized spacial score (nSPS) is 19.8. The highest BCUT2D eigenvalue weighted by atomic mass is 32.1. The van der Waals surface area contributed by atoms with Gasteiger partial charge < -0.3 is 19.8 Å². The third kappa shape index (κ3) is 1.83. The standard InChI is InChI=1S/C10H12N4O3S/c1-17-5-2-3-14(4-5)10-12-7-6(18-10)8(15)13-9(16)11-7/h5H,2-4H2,1H3,(H2,11,13,15,16)/t5-/m0/s1. The lowest BCUT2D eigenvalue weighted by Crippen LogP contribution is -2.21. The zero-order valence-electron chi connectivity index (χ0n) is 9.70. The fourth-order valence-corrected chi connectivity index (χ4v) is 2.95. The van der Waals surface area contributed by atoms with Gasteiger partial charge >= 0.3 is 6.01 Å². The Labute approximate surface area is 107 Å². The highest BCUT2D eigenvalue weighted by Crippen LogP contribution is 2.35. The highest BCUT2D eigenvalue weighted by molar-refractivity contribution is 7.22. The van der Waals surface area contributed by atoms with Crippen LogP contribution in [0, 0.1) is 0 Å². The van der Waals surface area contributed by atoms with Crippen molar-refractivity contribution in [2.24, 2.45) is 0 Å². The number of rotatable bonds is 2. The van der Waals surface area contributed by atoms with E-state index in [2.05, 4.69) is 19.9 Å². The molecule has 0 unspecified atom stereocenters. The van der Waals surface area contributed by atoms with Gasteiger partial charge in [0.2, 0.25) is 5.88 Å². The van der Waals surface area contributed by atoms with Gasteiger partial charge in [0, 0.05) is 20.2 Å². The quantitative estimate of drug-likeness (QED) is 0.829. The van der Waals surface area contributed by atoms with Crippen molar-refractivity contribution in [1.82, 2.24) is 15.0 Å². The molecule has 0 spiro atoms. The second-order valence-corrected chi connectivity index (χ2v) is 5.07. The van der Waals surface area contributed by atoms with Crippen LogP contribution in [0.4, 0.5) is 5.13 Å². The molecule has 0 aliphatic carbocycles. The number of nitrogens with zero attached hydrogens (tertiary/aromatic N) is 4. The maximum atomic E-state index is 9.62. The molecule has 0 aromatic carbocycles. The van der Waals surface area contributed by atoms with E-state index in [4.69, 9.17) is 4.74 Å². The van der Waals surface area contributed by atoms with Gasteiger partial charge in [0.05, 0.1) is 6.10 Å². The molecule has 0 bridgehead atoms. The van der Waals surface area contributed by atoms with Gasteiger partial charge in [-0.05, 0) is 6.42 Å². The summed E-state index contributed by atoms with van der Waals surface area (Å²) in [6, 6.07) is -0.465. The minimum absolute atomic E-state index is 0.213. The van der Waals surface area contributed by atoms with E-state index in [1.54, 1.807) is 7.11 Å². The molecule has 1 aliphatic heterocycles. The molecular formula is C10H12N4O3S. The van der Waals surface area contributed by atoms with Crippen LogP contribution in [-0.2, 0) is 4.74 Å². The molecule has 0 radical (unpaired) electrons. The van der Waals surface area contributed by atoms with Crippen LogP contribution in [0.2, 0.25) is 0 Å². The van der Waals surface area contributed by atoms with Crippen molar-refractivity contribution >= 4 is 26.8 Å². The van der Waals surface area contributed by atoms with E-state index < -0.39 is 6.01 Å². The van der Waals surface area contributed by atoms with Crippen LogP contribution in [0.15, 0.2) is 0 Å². The smallest absolute Gasteiger partial charge is 0.319 e. The molecular weight excluding hydrogens is 256 g/mol. The molecule has 2 aromatic rings. The molecule has 2 aromatic heterocycles. The lowest BCUT2D eigenvalue weighted by molar-refractivity contribution is 0.121. The molecule has 0 amide bonds. The van der Waals surface area contributed by atoms with E-state index in [0.717, 1.165) is 24.6 Å². The number of thiazole rings is 1. The van der Waals surface area contributed by atoms with E-state index in [1.807, 2.05) is 0 Å². The predicted molar refractivity (Wildman–Crippen MR) is 66.2 cm³/mol. The number of aromatic nitrogens is 3. The summed E-state index contributed by atoms with van der Waals surface area (Å²) in [5.74, 6) is -0.233. The first-order chi connectivity index (χ1) is 8.67. The van der Waals surface area contributed by atoms with Crippen molar-refractivity contribution < 1.29 is 14.9 Å². The van der Waals surface area contributed by atoms with E-state index >= 15 is 0 Å². The van der Waals surface area contributed by atoms with Crippen LogP contribution in [0.3, 0.4) is 0 Å². The topological polar surface area (TPSA) is 91.6 Å². The van der Waals surface area contributed by atoms with Crippen LogP contribution in [0.5, 0.6) is 11.9 Å². The molecule has 7 nitrogen and oxygen atoms in total. The Morgan fingerprint density at radius 3 is 2.89 bits per heavy atom. The first kappa shape index (κ1) is 11.4. The summed E-state index contributed by atoms with van der Waals surface area (Å²) in [5, 5.41) is 19.6. The molecule has 1 atom stereocenters. The van der Waals surface area contributed by atoms with Crippen molar-refractivity contribution in [1.29, 1.82) is 0 Å². The lowest BCUT2D eigenvalue weighted by atomic mass is 10.3. The van der Waals surface area contributed by atoms with Crippen LogP contribution in [0.1, 0.15) is 6.42 Å². The fourth-order valence-electron chi connectivity index (χ4n) is 2.02. The molecule has 1 saturated heterocycles. The largest absolute Gasteiger partial charge is 0.492 e. The van der Waals surface area contributed by atoms with E-state index in [0.29, 0.717) is 10.3 Å². The summed E-state index contributed by atoms with van der Waals surface area (Å²) in [7, 11) is 1.70. The summed E-state index contributed by atoms with van der Waals surface area (Å²) in [5.41, 5.74) is 0.320. The molecule has 3 heterocycles. The van der Waals surface area contributed by atoms with E-state index in [9.17, 15) is 10.2 Å². The van der Waals surface area contributed by atoms with Crippen molar-refractivity contribution in [3.8, 4) is 11.9 Å². The van der Waals surface area contributed by atoms with Crippen molar-refractivity contribution in [2.75, 3.05) is 25.1 Å². The number of hydrogen-bond donors (Lipinski definition) is 2. The Bertz CT molecular complexity index is 588. The second-order valence-electron chi connectivity index (χ2n) is 4.09. The zero-order valence-corrected chi connectivity index (χ0v) is 10.5. The van der Waals surface area contributed by atoms with Crippen molar-refractivity contribution in [3.63, 3.8) is 0 Å². The van der Waals surface area contributed by atoms with Gasteiger partial charge in [-0.15, -0.1) is 0 Å². The van der Waals surface area contributed by atoms with Gasteiger partial charge in [0.15, 0.2) is 10.8 Å². The monoisotopic (exact) mass is 268 g/mol. The number of methoxy groups -OCH3 is 1. The lowest BCUT2D eigenvalue weighted by Gasteiger charge is -2.13. The third-order valence-electron chi connectivity index (χ3n) is 2.96. The van der Waals surface area contributed by atoms with Gasteiger partial charge in [-0.2, -0.15) is 15.0 Å².